The molecule has 148 valence electrons. The van der Waals surface area contributed by atoms with Crippen LogP contribution < -0.4 is 0 Å². The van der Waals surface area contributed by atoms with Gasteiger partial charge in [0.2, 0.25) is 0 Å². The first kappa shape index (κ1) is 20.0. The van der Waals surface area contributed by atoms with Crippen LogP contribution in [-0.2, 0) is 11.9 Å². The molecule has 0 radical (unpaired) electrons. The van der Waals surface area contributed by atoms with Crippen molar-refractivity contribution in [3.63, 3.8) is 0 Å². The SMILES string of the molecule is N#Cc1c(C(F)(F)F)cc(-c2cccs2)nc1SCc1cn2ccccc2c1C#N. The van der Waals surface area contributed by atoms with Crippen LogP contribution in [0.3, 0.4) is 0 Å². The number of hydrogen-bond donors (Lipinski definition) is 0. The number of aromatic nitrogens is 2. The fourth-order valence-electron chi connectivity index (χ4n) is 3.07. The Hall–Kier alpha value is -3.27. The number of nitriles is 2. The van der Waals surface area contributed by atoms with Crippen LogP contribution in [-0.4, -0.2) is 9.38 Å². The van der Waals surface area contributed by atoms with Crippen molar-refractivity contribution < 1.29 is 13.2 Å². The summed E-state index contributed by atoms with van der Waals surface area (Å²) in [6, 6.07) is 13.6. The number of nitrogens with zero attached hydrogens (tertiary/aromatic N) is 4. The van der Waals surface area contributed by atoms with Gasteiger partial charge in [-0.05, 0) is 35.2 Å². The molecule has 30 heavy (non-hydrogen) atoms. The molecular formula is C21H11F3N4S2. The van der Waals surface area contributed by atoms with E-state index in [9.17, 15) is 23.7 Å². The van der Waals surface area contributed by atoms with Crippen molar-refractivity contribution in [2.45, 2.75) is 17.0 Å². The predicted octanol–water partition coefficient (Wildman–Crippen LogP) is 6.12. The monoisotopic (exact) mass is 440 g/mol. The summed E-state index contributed by atoms with van der Waals surface area (Å²) in [6.07, 6.45) is -1.12. The topological polar surface area (TPSA) is 64.9 Å². The molecule has 0 N–H and O–H groups in total. The summed E-state index contributed by atoms with van der Waals surface area (Å²) in [5.74, 6) is 0.206. The lowest BCUT2D eigenvalue weighted by Crippen LogP contribution is -2.10. The molecule has 4 rings (SSSR count). The predicted molar refractivity (Wildman–Crippen MR) is 109 cm³/mol. The normalized spacial score (nSPS) is 11.4. The first-order chi connectivity index (χ1) is 14.4. The summed E-state index contributed by atoms with van der Waals surface area (Å²) in [4.78, 5) is 4.93. The Morgan fingerprint density at radius 1 is 1.10 bits per heavy atom. The summed E-state index contributed by atoms with van der Waals surface area (Å²) in [5, 5.41) is 20.7. The molecule has 0 spiro atoms. The fraction of sp³-hybridized carbons (Fsp3) is 0.0952. The van der Waals surface area contributed by atoms with E-state index in [0.29, 0.717) is 21.5 Å². The molecule has 0 aliphatic heterocycles. The van der Waals surface area contributed by atoms with Gasteiger partial charge in [0.15, 0.2) is 0 Å². The number of rotatable bonds is 4. The molecule has 0 aliphatic rings. The highest BCUT2D eigenvalue weighted by Gasteiger charge is 2.36. The highest BCUT2D eigenvalue weighted by Crippen LogP contribution is 2.39. The summed E-state index contributed by atoms with van der Waals surface area (Å²) in [6.45, 7) is 0. The van der Waals surface area contributed by atoms with E-state index in [0.717, 1.165) is 17.8 Å². The minimum atomic E-state index is -4.68. The number of alkyl halides is 3. The van der Waals surface area contributed by atoms with Crippen LogP contribution in [0.5, 0.6) is 0 Å². The summed E-state index contributed by atoms with van der Waals surface area (Å²) in [5.41, 5.74) is 0.485. The van der Waals surface area contributed by atoms with Gasteiger partial charge in [-0.15, -0.1) is 23.1 Å². The van der Waals surface area contributed by atoms with Gasteiger partial charge < -0.3 is 4.40 Å². The number of pyridine rings is 2. The number of fused-ring (bicyclic) bond motifs is 1. The van der Waals surface area contributed by atoms with E-state index in [2.05, 4.69) is 11.1 Å². The van der Waals surface area contributed by atoms with E-state index < -0.39 is 17.3 Å². The molecule has 0 aromatic carbocycles. The smallest absolute Gasteiger partial charge is 0.322 e. The van der Waals surface area contributed by atoms with Crippen molar-refractivity contribution >= 4 is 28.6 Å². The number of thiophene rings is 1. The Bertz CT molecular complexity index is 1310. The van der Waals surface area contributed by atoms with Gasteiger partial charge in [-0.3, -0.25) is 0 Å². The van der Waals surface area contributed by atoms with Crippen molar-refractivity contribution in [1.29, 1.82) is 10.5 Å². The Labute approximate surface area is 177 Å². The Morgan fingerprint density at radius 2 is 1.90 bits per heavy atom. The summed E-state index contributed by atoms with van der Waals surface area (Å²) < 4.78 is 42.7. The van der Waals surface area contributed by atoms with Crippen molar-refractivity contribution in [3.8, 4) is 22.7 Å². The minimum absolute atomic E-state index is 0.00475. The molecule has 9 heteroatoms. The molecule has 0 unspecified atom stereocenters. The second-order valence-electron chi connectivity index (χ2n) is 6.25. The molecule has 0 saturated carbocycles. The van der Waals surface area contributed by atoms with Gasteiger partial charge in [-0.2, -0.15) is 23.7 Å². The van der Waals surface area contributed by atoms with Crippen LogP contribution in [0.1, 0.15) is 22.3 Å². The molecule has 0 bridgehead atoms. The molecule has 0 amide bonds. The molecular weight excluding hydrogens is 429 g/mol. The first-order valence-electron chi connectivity index (χ1n) is 8.60. The zero-order valence-corrected chi connectivity index (χ0v) is 16.8. The molecule has 0 atom stereocenters. The van der Waals surface area contributed by atoms with Crippen LogP contribution in [0.15, 0.2) is 59.2 Å². The highest BCUT2D eigenvalue weighted by atomic mass is 32.2. The average Bonchev–Trinajstić information content (AvgIpc) is 3.38. The van der Waals surface area contributed by atoms with E-state index in [1.165, 1.54) is 11.3 Å². The minimum Gasteiger partial charge on any atom is -0.322 e. The van der Waals surface area contributed by atoms with E-state index >= 15 is 0 Å². The quantitative estimate of drug-likeness (QED) is 0.359. The maximum Gasteiger partial charge on any atom is 0.417 e. The third-order valence-electron chi connectivity index (χ3n) is 4.42. The third-order valence-corrected chi connectivity index (χ3v) is 6.33. The second-order valence-corrected chi connectivity index (χ2v) is 8.16. The van der Waals surface area contributed by atoms with Gasteiger partial charge in [-0.1, -0.05) is 12.1 Å². The van der Waals surface area contributed by atoms with Crippen LogP contribution in [0, 0.1) is 22.7 Å². The van der Waals surface area contributed by atoms with Crippen molar-refractivity contribution in [2.24, 2.45) is 0 Å². The molecule has 4 aromatic heterocycles. The van der Waals surface area contributed by atoms with Gasteiger partial charge in [-0.25, -0.2) is 4.98 Å². The number of thioether (sulfide) groups is 1. The second kappa shape index (κ2) is 7.86. The maximum atomic E-state index is 13.6. The van der Waals surface area contributed by atoms with Crippen molar-refractivity contribution in [1.82, 2.24) is 9.38 Å². The summed E-state index contributed by atoms with van der Waals surface area (Å²) >= 11 is 2.29. The fourth-order valence-corrected chi connectivity index (χ4v) is 4.73. The third kappa shape index (κ3) is 3.65. The highest BCUT2D eigenvalue weighted by molar-refractivity contribution is 7.98. The standard InChI is InChI=1S/C21H11F3N4S2/c22-21(23,24)16-8-17(19-5-3-7-29-19)27-20(15(16)10-26)30-12-13-11-28-6-2-1-4-18(28)14(13)9-25/h1-8,11H,12H2. The van der Waals surface area contributed by atoms with Gasteiger partial charge in [0.05, 0.1) is 32.8 Å². The van der Waals surface area contributed by atoms with Gasteiger partial charge in [0.25, 0.3) is 0 Å². The van der Waals surface area contributed by atoms with Gasteiger partial charge >= 0.3 is 6.18 Å². The van der Waals surface area contributed by atoms with E-state index in [1.54, 1.807) is 46.4 Å². The lowest BCUT2D eigenvalue weighted by Gasteiger charge is -2.13. The number of hydrogen-bond acceptors (Lipinski definition) is 5. The summed E-state index contributed by atoms with van der Waals surface area (Å²) in [7, 11) is 0. The van der Waals surface area contributed by atoms with Crippen molar-refractivity contribution in [3.05, 3.63) is 76.4 Å². The largest absolute Gasteiger partial charge is 0.417 e. The van der Waals surface area contributed by atoms with E-state index in [-0.39, 0.29) is 16.5 Å². The molecule has 4 heterocycles. The first-order valence-corrected chi connectivity index (χ1v) is 10.5. The lowest BCUT2D eigenvalue weighted by molar-refractivity contribution is -0.138. The maximum absolute atomic E-state index is 13.6. The lowest BCUT2D eigenvalue weighted by atomic mass is 10.1. The number of halogens is 3. The average molecular weight is 440 g/mol. The Morgan fingerprint density at radius 3 is 2.57 bits per heavy atom. The van der Waals surface area contributed by atoms with Gasteiger partial charge in [0.1, 0.15) is 17.2 Å². The van der Waals surface area contributed by atoms with Crippen LogP contribution >= 0.6 is 23.1 Å². The molecule has 0 aliphatic carbocycles. The van der Waals surface area contributed by atoms with Gasteiger partial charge in [0, 0.05) is 18.1 Å². The zero-order chi connectivity index (χ0) is 21.3. The van der Waals surface area contributed by atoms with Crippen LogP contribution in [0.4, 0.5) is 13.2 Å². The molecule has 0 fully saturated rings. The molecule has 4 nitrogen and oxygen atoms in total. The van der Waals surface area contributed by atoms with E-state index in [1.807, 2.05) is 12.1 Å². The Balaban J connectivity index is 1.78. The van der Waals surface area contributed by atoms with Crippen LogP contribution in [0.25, 0.3) is 16.1 Å². The van der Waals surface area contributed by atoms with Crippen molar-refractivity contribution in [2.75, 3.05) is 0 Å². The molecule has 4 aromatic rings. The Kier molecular flexibility index (Phi) is 5.25. The zero-order valence-electron chi connectivity index (χ0n) is 15.1. The van der Waals surface area contributed by atoms with E-state index in [4.69, 9.17) is 0 Å². The van der Waals surface area contributed by atoms with Crippen LogP contribution in [0.2, 0.25) is 0 Å². The molecule has 0 saturated heterocycles.